The Kier molecular flexibility index (Phi) is 4.86. The first kappa shape index (κ1) is 15.5. The Hall–Kier alpha value is -0.870. The van der Waals surface area contributed by atoms with Crippen LogP contribution in [0.2, 0.25) is 0 Å². The highest BCUT2D eigenvalue weighted by atomic mass is 32.1. The van der Waals surface area contributed by atoms with Gasteiger partial charge < -0.3 is 4.90 Å². The molecule has 1 saturated heterocycles. The number of thiophene rings is 1. The summed E-state index contributed by atoms with van der Waals surface area (Å²) in [4.78, 5) is 17.1. The molecule has 1 aliphatic heterocycles. The molecule has 1 aromatic rings. The Labute approximate surface area is 126 Å². The first-order valence-electron chi connectivity index (χ1n) is 7.58. The summed E-state index contributed by atoms with van der Waals surface area (Å²) in [7, 11) is 0. The number of nitrogens with one attached hydrogen (secondary N) is 1. The first-order valence-corrected chi connectivity index (χ1v) is 8.40. The second-order valence-electron chi connectivity index (χ2n) is 6.08. The van der Waals surface area contributed by atoms with Gasteiger partial charge in [-0.3, -0.25) is 10.1 Å². The van der Waals surface area contributed by atoms with Crippen molar-refractivity contribution in [2.45, 2.75) is 65.7 Å². The summed E-state index contributed by atoms with van der Waals surface area (Å²) in [6.45, 7) is 10.7. The highest BCUT2D eigenvalue weighted by Gasteiger charge is 2.40. The van der Waals surface area contributed by atoms with Crippen molar-refractivity contribution in [3.05, 3.63) is 21.9 Å². The average Bonchev–Trinajstić information content (AvgIpc) is 2.94. The zero-order valence-corrected chi connectivity index (χ0v) is 14.0. The van der Waals surface area contributed by atoms with Crippen molar-refractivity contribution in [1.82, 2.24) is 10.2 Å². The van der Waals surface area contributed by atoms with Crippen LogP contribution in [0.4, 0.5) is 0 Å². The fraction of sp³-hybridized carbons (Fsp3) is 0.688. The summed E-state index contributed by atoms with van der Waals surface area (Å²) in [5, 5.41) is 3.44. The second-order valence-corrected chi connectivity index (χ2v) is 7.40. The van der Waals surface area contributed by atoms with E-state index in [1.54, 1.807) is 11.3 Å². The molecule has 4 heteroatoms. The lowest BCUT2D eigenvalue weighted by Crippen LogP contribution is -2.38. The van der Waals surface area contributed by atoms with Gasteiger partial charge in [0, 0.05) is 15.8 Å². The van der Waals surface area contributed by atoms with Gasteiger partial charge in [0.05, 0.1) is 6.04 Å². The van der Waals surface area contributed by atoms with Gasteiger partial charge in [-0.25, -0.2) is 0 Å². The van der Waals surface area contributed by atoms with E-state index in [0.717, 1.165) is 12.8 Å². The molecule has 112 valence electrons. The van der Waals surface area contributed by atoms with E-state index in [1.807, 2.05) is 6.92 Å². The van der Waals surface area contributed by atoms with Gasteiger partial charge in [-0.1, -0.05) is 20.3 Å². The van der Waals surface area contributed by atoms with E-state index in [9.17, 15) is 4.79 Å². The molecule has 4 unspecified atom stereocenters. The van der Waals surface area contributed by atoms with E-state index in [0.29, 0.717) is 5.92 Å². The standard InChI is InChI=1S/C16H26N2OS/c1-6-10(2)9-11(3)18-15(17-13(5)16(18)19)14-8-7-12(4)20-14/h7-8,10-11,13,15,17H,6,9H2,1-5H3. The molecule has 4 atom stereocenters. The van der Waals surface area contributed by atoms with Crippen molar-refractivity contribution in [1.29, 1.82) is 0 Å². The Balaban J connectivity index is 2.19. The molecular formula is C16H26N2OS. The Morgan fingerprint density at radius 2 is 2.10 bits per heavy atom. The molecule has 3 nitrogen and oxygen atoms in total. The highest BCUT2D eigenvalue weighted by molar-refractivity contribution is 7.12. The Bertz CT molecular complexity index is 471. The molecule has 1 N–H and O–H groups in total. The van der Waals surface area contributed by atoms with Gasteiger partial charge in [0.25, 0.3) is 0 Å². The third kappa shape index (κ3) is 3.07. The van der Waals surface area contributed by atoms with Gasteiger partial charge in [0.15, 0.2) is 0 Å². The van der Waals surface area contributed by atoms with Crippen LogP contribution in [-0.4, -0.2) is 22.9 Å². The lowest BCUT2D eigenvalue weighted by Gasteiger charge is -2.31. The van der Waals surface area contributed by atoms with Gasteiger partial charge in [-0.2, -0.15) is 0 Å². The molecule has 0 aliphatic carbocycles. The van der Waals surface area contributed by atoms with Crippen molar-refractivity contribution >= 4 is 17.2 Å². The number of aryl methyl sites for hydroxylation is 1. The molecule has 0 saturated carbocycles. The smallest absolute Gasteiger partial charge is 0.241 e. The number of nitrogens with zero attached hydrogens (tertiary/aromatic N) is 1. The molecule has 0 aromatic carbocycles. The minimum absolute atomic E-state index is 0.0512. The molecule has 0 radical (unpaired) electrons. The summed E-state index contributed by atoms with van der Waals surface area (Å²) < 4.78 is 0. The van der Waals surface area contributed by atoms with Crippen LogP contribution in [0.25, 0.3) is 0 Å². The molecule has 2 rings (SSSR count). The highest BCUT2D eigenvalue weighted by Crippen LogP contribution is 2.33. The molecule has 20 heavy (non-hydrogen) atoms. The Morgan fingerprint density at radius 3 is 2.65 bits per heavy atom. The van der Waals surface area contributed by atoms with Crippen molar-refractivity contribution in [2.75, 3.05) is 0 Å². The second kappa shape index (κ2) is 6.27. The largest absolute Gasteiger partial charge is 0.318 e. The molecule has 0 spiro atoms. The summed E-state index contributed by atoms with van der Waals surface area (Å²) in [5.74, 6) is 0.885. The normalized spacial score (nSPS) is 26.1. The number of hydrogen-bond donors (Lipinski definition) is 1. The van der Waals surface area contributed by atoms with Gasteiger partial charge >= 0.3 is 0 Å². The van der Waals surface area contributed by atoms with Crippen LogP contribution in [0.5, 0.6) is 0 Å². The van der Waals surface area contributed by atoms with E-state index in [1.165, 1.54) is 9.75 Å². The molecule has 1 aliphatic rings. The fourth-order valence-electron chi connectivity index (χ4n) is 2.89. The van der Waals surface area contributed by atoms with Gasteiger partial charge in [0.1, 0.15) is 6.17 Å². The monoisotopic (exact) mass is 294 g/mol. The molecule has 2 heterocycles. The summed E-state index contributed by atoms with van der Waals surface area (Å²) in [6.07, 6.45) is 2.28. The minimum Gasteiger partial charge on any atom is -0.318 e. The SMILES string of the molecule is CCC(C)CC(C)N1C(=O)C(C)NC1c1ccc(C)s1. The van der Waals surface area contributed by atoms with Crippen LogP contribution in [0.15, 0.2) is 12.1 Å². The summed E-state index contributed by atoms with van der Waals surface area (Å²) >= 11 is 1.78. The van der Waals surface area contributed by atoms with Crippen LogP contribution in [0.3, 0.4) is 0 Å². The zero-order valence-electron chi connectivity index (χ0n) is 13.1. The van der Waals surface area contributed by atoms with Crippen LogP contribution >= 0.6 is 11.3 Å². The number of carbonyl (C=O) groups is 1. The number of hydrogen-bond acceptors (Lipinski definition) is 3. The van der Waals surface area contributed by atoms with E-state index >= 15 is 0 Å². The van der Waals surface area contributed by atoms with Crippen molar-refractivity contribution in [3.63, 3.8) is 0 Å². The van der Waals surface area contributed by atoms with Crippen LogP contribution < -0.4 is 5.32 Å². The number of carbonyl (C=O) groups excluding carboxylic acids is 1. The van der Waals surface area contributed by atoms with E-state index in [4.69, 9.17) is 0 Å². The first-order chi connectivity index (χ1) is 9.43. The van der Waals surface area contributed by atoms with Gasteiger partial charge in [-0.15, -0.1) is 11.3 Å². The van der Waals surface area contributed by atoms with Gasteiger partial charge in [0.2, 0.25) is 5.91 Å². The van der Waals surface area contributed by atoms with E-state index in [-0.39, 0.29) is 24.2 Å². The predicted octanol–water partition coefficient (Wildman–Crippen LogP) is 3.70. The molecule has 0 bridgehead atoms. The topological polar surface area (TPSA) is 32.3 Å². The lowest BCUT2D eigenvalue weighted by molar-refractivity contribution is -0.132. The quantitative estimate of drug-likeness (QED) is 0.898. The number of rotatable bonds is 5. The zero-order chi connectivity index (χ0) is 14.9. The predicted molar refractivity (Wildman–Crippen MR) is 84.8 cm³/mol. The van der Waals surface area contributed by atoms with Crippen molar-refractivity contribution < 1.29 is 4.79 Å². The average molecular weight is 294 g/mol. The van der Waals surface area contributed by atoms with Crippen molar-refractivity contribution in [2.24, 2.45) is 5.92 Å². The maximum atomic E-state index is 12.5. The van der Waals surface area contributed by atoms with E-state index in [2.05, 4.69) is 50.0 Å². The molecule has 1 amide bonds. The van der Waals surface area contributed by atoms with Crippen LogP contribution in [0.1, 0.15) is 56.5 Å². The van der Waals surface area contributed by atoms with Crippen LogP contribution in [0, 0.1) is 12.8 Å². The van der Waals surface area contributed by atoms with Gasteiger partial charge in [-0.05, 0) is 45.2 Å². The maximum absolute atomic E-state index is 12.5. The summed E-state index contributed by atoms with van der Waals surface area (Å²) in [5.41, 5.74) is 0. The molecular weight excluding hydrogens is 268 g/mol. The Morgan fingerprint density at radius 1 is 1.40 bits per heavy atom. The third-order valence-corrected chi connectivity index (χ3v) is 5.31. The third-order valence-electron chi connectivity index (χ3n) is 4.26. The maximum Gasteiger partial charge on any atom is 0.241 e. The van der Waals surface area contributed by atoms with E-state index < -0.39 is 0 Å². The minimum atomic E-state index is -0.0817. The molecule has 1 aromatic heterocycles. The van der Waals surface area contributed by atoms with Crippen LogP contribution in [-0.2, 0) is 4.79 Å². The lowest BCUT2D eigenvalue weighted by atomic mass is 9.99. The van der Waals surface area contributed by atoms with Crippen molar-refractivity contribution in [3.8, 4) is 0 Å². The summed E-state index contributed by atoms with van der Waals surface area (Å²) in [6, 6.07) is 4.47. The molecule has 1 fully saturated rings. The fourth-order valence-corrected chi connectivity index (χ4v) is 3.83. The number of amides is 1.